The van der Waals surface area contributed by atoms with E-state index in [0.29, 0.717) is 0 Å². The lowest BCUT2D eigenvalue weighted by Crippen LogP contribution is -2.48. The van der Waals surface area contributed by atoms with Gasteiger partial charge < -0.3 is 9.80 Å². The Bertz CT molecular complexity index is 528. The number of likely N-dealkylation sites (tertiary alicyclic amines) is 1. The van der Waals surface area contributed by atoms with Gasteiger partial charge in [-0.1, -0.05) is 19.1 Å². The summed E-state index contributed by atoms with van der Waals surface area (Å²) in [6.45, 7) is 11.5. The Balaban J connectivity index is 1.51. The third kappa shape index (κ3) is 3.43. The van der Waals surface area contributed by atoms with Gasteiger partial charge in [-0.25, -0.2) is 0 Å². The van der Waals surface area contributed by atoms with Gasteiger partial charge in [0.05, 0.1) is 11.3 Å². The van der Waals surface area contributed by atoms with E-state index >= 15 is 0 Å². The molecule has 4 nitrogen and oxygen atoms in total. The maximum Gasteiger partial charge on any atom is 0.101 e. The summed E-state index contributed by atoms with van der Waals surface area (Å²) in [6.07, 6.45) is 1.35. The molecule has 2 heterocycles. The van der Waals surface area contributed by atoms with E-state index in [9.17, 15) is 5.26 Å². The van der Waals surface area contributed by atoms with Gasteiger partial charge in [0.25, 0.3) is 0 Å². The average Bonchev–Trinajstić information content (AvgIpc) is 3.03. The minimum absolute atomic E-state index is 0.797. The van der Waals surface area contributed by atoms with E-state index < -0.39 is 0 Å². The first kappa shape index (κ1) is 15.3. The molecular formula is C18H26N4. The molecule has 2 saturated heterocycles. The molecule has 0 unspecified atom stereocenters. The van der Waals surface area contributed by atoms with Crippen molar-refractivity contribution in [3.63, 3.8) is 0 Å². The van der Waals surface area contributed by atoms with Crippen LogP contribution in [-0.2, 0) is 0 Å². The van der Waals surface area contributed by atoms with Gasteiger partial charge in [-0.2, -0.15) is 5.26 Å². The summed E-state index contributed by atoms with van der Waals surface area (Å²) in [5.41, 5.74) is 1.90. The summed E-state index contributed by atoms with van der Waals surface area (Å²) in [4.78, 5) is 7.53. The molecule has 2 aliphatic rings. The highest BCUT2D eigenvalue weighted by molar-refractivity contribution is 5.59. The van der Waals surface area contributed by atoms with Crippen molar-refractivity contribution < 1.29 is 0 Å². The van der Waals surface area contributed by atoms with E-state index in [-0.39, 0.29) is 0 Å². The molecule has 0 saturated carbocycles. The van der Waals surface area contributed by atoms with Gasteiger partial charge in [0.15, 0.2) is 0 Å². The maximum absolute atomic E-state index is 9.25. The van der Waals surface area contributed by atoms with Crippen molar-refractivity contribution in [3.05, 3.63) is 29.8 Å². The van der Waals surface area contributed by atoms with Gasteiger partial charge in [0, 0.05) is 39.3 Å². The van der Waals surface area contributed by atoms with Gasteiger partial charge in [0.1, 0.15) is 6.07 Å². The fourth-order valence-electron chi connectivity index (χ4n) is 3.73. The molecule has 0 aromatic heterocycles. The predicted octanol–water partition coefficient (Wildman–Crippen LogP) is 2.02. The number of hydrogen-bond donors (Lipinski definition) is 0. The smallest absolute Gasteiger partial charge is 0.101 e. The third-order valence-electron chi connectivity index (χ3n) is 5.07. The van der Waals surface area contributed by atoms with E-state index in [0.717, 1.165) is 43.3 Å². The highest BCUT2D eigenvalue weighted by Crippen LogP contribution is 2.22. The SMILES string of the molecule is CCN1CC[C@@H](CN2CCN(c3ccccc3C#N)CC2)C1. The second-order valence-electron chi connectivity index (χ2n) is 6.46. The largest absolute Gasteiger partial charge is 0.368 e. The number of nitrogens with zero attached hydrogens (tertiary/aromatic N) is 4. The molecule has 0 aliphatic carbocycles. The Kier molecular flexibility index (Phi) is 4.97. The molecule has 2 fully saturated rings. The minimum atomic E-state index is 0.797. The molecule has 3 rings (SSSR count). The van der Waals surface area contributed by atoms with Gasteiger partial charge in [0.2, 0.25) is 0 Å². The summed E-state index contributed by atoms with van der Waals surface area (Å²) in [6, 6.07) is 10.3. The monoisotopic (exact) mass is 298 g/mol. The Morgan fingerprint density at radius 3 is 2.55 bits per heavy atom. The molecule has 0 bridgehead atoms. The van der Waals surface area contributed by atoms with Crippen LogP contribution in [0.2, 0.25) is 0 Å². The fourth-order valence-corrected chi connectivity index (χ4v) is 3.73. The molecule has 118 valence electrons. The van der Waals surface area contributed by atoms with Gasteiger partial charge >= 0.3 is 0 Å². The lowest BCUT2D eigenvalue weighted by atomic mass is 10.1. The standard InChI is InChI=1S/C18H26N4/c1-2-20-8-7-16(14-20)15-21-9-11-22(12-10-21)18-6-4-3-5-17(18)13-19/h3-6,16H,2,7-12,14-15H2,1H3/t16-/m1/s1. The fraction of sp³-hybridized carbons (Fsp3) is 0.611. The topological polar surface area (TPSA) is 33.5 Å². The summed E-state index contributed by atoms with van der Waals surface area (Å²) in [5.74, 6) is 0.845. The summed E-state index contributed by atoms with van der Waals surface area (Å²) < 4.78 is 0. The Morgan fingerprint density at radius 2 is 1.86 bits per heavy atom. The van der Waals surface area contributed by atoms with Crippen LogP contribution in [0.1, 0.15) is 18.9 Å². The first-order valence-electron chi connectivity index (χ1n) is 8.49. The first-order valence-corrected chi connectivity index (χ1v) is 8.49. The second kappa shape index (κ2) is 7.13. The summed E-state index contributed by atoms with van der Waals surface area (Å²) in [7, 11) is 0. The molecule has 4 heteroatoms. The zero-order valence-corrected chi connectivity index (χ0v) is 13.5. The van der Waals surface area contributed by atoms with Crippen molar-refractivity contribution in [1.82, 2.24) is 9.80 Å². The van der Waals surface area contributed by atoms with Gasteiger partial charge in [-0.15, -0.1) is 0 Å². The van der Waals surface area contributed by atoms with E-state index in [1.54, 1.807) is 0 Å². The highest BCUT2D eigenvalue weighted by atomic mass is 15.3. The summed E-state index contributed by atoms with van der Waals surface area (Å²) in [5, 5.41) is 9.25. The van der Waals surface area contributed by atoms with E-state index in [1.165, 1.54) is 32.6 Å². The molecule has 1 aromatic rings. The van der Waals surface area contributed by atoms with Crippen molar-refractivity contribution in [2.24, 2.45) is 5.92 Å². The number of benzene rings is 1. The molecule has 22 heavy (non-hydrogen) atoms. The van der Waals surface area contributed by atoms with Crippen LogP contribution in [0.4, 0.5) is 5.69 Å². The van der Waals surface area contributed by atoms with Crippen molar-refractivity contribution in [2.45, 2.75) is 13.3 Å². The van der Waals surface area contributed by atoms with Crippen molar-refractivity contribution in [3.8, 4) is 6.07 Å². The molecule has 0 N–H and O–H groups in total. The van der Waals surface area contributed by atoms with Crippen LogP contribution in [0.5, 0.6) is 0 Å². The predicted molar refractivity (Wildman–Crippen MR) is 90.0 cm³/mol. The number of rotatable bonds is 4. The molecule has 0 radical (unpaired) electrons. The van der Waals surface area contributed by atoms with E-state index in [4.69, 9.17) is 0 Å². The quantitative estimate of drug-likeness (QED) is 0.851. The van der Waals surface area contributed by atoms with Crippen LogP contribution in [0.15, 0.2) is 24.3 Å². The summed E-state index contributed by atoms with van der Waals surface area (Å²) >= 11 is 0. The van der Waals surface area contributed by atoms with Crippen LogP contribution in [0.3, 0.4) is 0 Å². The molecule has 1 aromatic carbocycles. The van der Waals surface area contributed by atoms with Crippen molar-refractivity contribution in [2.75, 3.05) is 57.3 Å². The minimum Gasteiger partial charge on any atom is -0.368 e. The number of hydrogen-bond acceptors (Lipinski definition) is 4. The van der Waals surface area contributed by atoms with Crippen LogP contribution in [0.25, 0.3) is 0 Å². The van der Waals surface area contributed by atoms with Gasteiger partial charge in [-0.05, 0) is 37.6 Å². The Hall–Kier alpha value is -1.57. The zero-order chi connectivity index (χ0) is 15.4. The number of para-hydroxylation sites is 1. The molecule has 0 spiro atoms. The maximum atomic E-state index is 9.25. The van der Waals surface area contributed by atoms with Gasteiger partial charge in [-0.3, -0.25) is 4.90 Å². The Morgan fingerprint density at radius 1 is 1.09 bits per heavy atom. The van der Waals surface area contributed by atoms with Crippen LogP contribution < -0.4 is 4.90 Å². The average molecular weight is 298 g/mol. The van der Waals surface area contributed by atoms with Crippen molar-refractivity contribution in [1.29, 1.82) is 5.26 Å². The number of piperazine rings is 1. The third-order valence-corrected chi connectivity index (χ3v) is 5.07. The number of nitriles is 1. The lowest BCUT2D eigenvalue weighted by Gasteiger charge is -2.37. The molecule has 0 amide bonds. The highest BCUT2D eigenvalue weighted by Gasteiger charge is 2.25. The number of anilines is 1. The molecule has 2 aliphatic heterocycles. The van der Waals surface area contributed by atoms with E-state index in [1.807, 2.05) is 18.2 Å². The Labute approximate surface area is 133 Å². The zero-order valence-electron chi connectivity index (χ0n) is 13.5. The van der Waals surface area contributed by atoms with Crippen LogP contribution in [-0.4, -0.2) is 62.2 Å². The molecular weight excluding hydrogens is 272 g/mol. The second-order valence-corrected chi connectivity index (χ2v) is 6.46. The first-order chi connectivity index (χ1) is 10.8. The van der Waals surface area contributed by atoms with E-state index in [2.05, 4.69) is 33.8 Å². The molecule has 1 atom stereocenters. The van der Waals surface area contributed by atoms with Crippen LogP contribution >= 0.6 is 0 Å². The lowest BCUT2D eigenvalue weighted by molar-refractivity contribution is 0.216. The van der Waals surface area contributed by atoms with Crippen molar-refractivity contribution >= 4 is 5.69 Å². The van der Waals surface area contributed by atoms with Crippen LogP contribution in [0, 0.1) is 17.2 Å². The normalized spacial score (nSPS) is 23.6.